The van der Waals surface area contributed by atoms with Gasteiger partial charge in [-0.1, -0.05) is 90.2 Å². The van der Waals surface area contributed by atoms with Crippen molar-refractivity contribution in [3.63, 3.8) is 0 Å². The van der Waals surface area contributed by atoms with Crippen molar-refractivity contribution < 1.29 is 56.4 Å². The molecule has 0 saturated carbocycles. The lowest BCUT2D eigenvalue weighted by Gasteiger charge is -2.10. The van der Waals surface area contributed by atoms with E-state index in [1.165, 1.54) is 48.5 Å². The molecule has 0 heterocycles. The van der Waals surface area contributed by atoms with Crippen molar-refractivity contribution in [2.75, 3.05) is 26.4 Å². The van der Waals surface area contributed by atoms with E-state index in [0.29, 0.717) is 37.9 Å². The van der Waals surface area contributed by atoms with Gasteiger partial charge in [-0.25, -0.2) is 28.0 Å². The van der Waals surface area contributed by atoms with Gasteiger partial charge >= 0.3 is 23.9 Å². The molecule has 0 atom stereocenters. The molecule has 314 valence electrons. The quantitative estimate of drug-likeness (QED) is 0.0278. The summed E-state index contributed by atoms with van der Waals surface area (Å²) in [6.45, 7) is 8.42. The molecule has 3 aromatic rings. The van der Waals surface area contributed by atoms with Gasteiger partial charge in [0, 0.05) is 24.3 Å². The van der Waals surface area contributed by atoms with Crippen LogP contribution < -0.4 is 18.9 Å². The molecule has 12 heteroatoms. The van der Waals surface area contributed by atoms with Gasteiger partial charge in [0.05, 0.1) is 37.6 Å². The van der Waals surface area contributed by atoms with E-state index in [0.717, 1.165) is 127 Å². The highest BCUT2D eigenvalue weighted by atomic mass is 19.1. The summed E-state index contributed by atoms with van der Waals surface area (Å²) in [5.74, 6) is -3.37. The first-order chi connectivity index (χ1) is 28.2. The fourth-order valence-electron chi connectivity index (χ4n) is 5.78. The zero-order valence-corrected chi connectivity index (χ0v) is 33.3. The van der Waals surface area contributed by atoms with Crippen LogP contribution in [0.4, 0.5) is 8.78 Å². The lowest BCUT2D eigenvalue weighted by Crippen LogP contribution is -2.12. The fourth-order valence-corrected chi connectivity index (χ4v) is 5.78. The van der Waals surface area contributed by atoms with Crippen molar-refractivity contribution in [3.05, 3.63) is 109 Å². The summed E-state index contributed by atoms with van der Waals surface area (Å²) in [6, 6.07) is 13.4. The molecule has 58 heavy (non-hydrogen) atoms. The SMILES string of the molecule is C=CC(=O)OCCCCCCCCCCOc1ccc(C(=O)Oc2ccc(OC(=O)c3ccc(OCCCCCCCCCCOC(=O)C=C)cc3F)cc2)c(F)c1. The molecule has 0 N–H and O–H groups in total. The van der Waals surface area contributed by atoms with Crippen molar-refractivity contribution >= 4 is 23.9 Å². The molecular formula is C46H56F2O10. The van der Waals surface area contributed by atoms with Gasteiger partial charge in [0.25, 0.3) is 0 Å². The first-order valence-corrected chi connectivity index (χ1v) is 20.2. The molecule has 0 aliphatic carbocycles. The van der Waals surface area contributed by atoms with Gasteiger partial charge in [0.2, 0.25) is 0 Å². The van der Waals surface area contributed by atoms with Crippen LogP contribution in [0.15, 0.2) is 86.0 Å². The molecule has 0 radical (unpaired) electrons. The van der Waals surface area contributed by atoms with Crippen molar-refractivity contribution in [3.8, 4) is 23.0 Å². The number of unbranched alkanes of at least 4 members (excludes halogenated alkanes) is 14. The molecule has 0 bridgehead atoms. The summed E-state index contributed by atoms with van der Waals surface area (Å²) < 4.78 is 61.4. The van der Waals surface area contributed by atoms with Crippen LogP contribution in [0.5, 0.6) is 23.0 Å². The van der Waals surface area contributed by atoms with E-state index in [9.17, 15) is 28.0 Å². The van der Waals surface area contributed by atoms with E-state index in [2.05, 4.69) is 13.2 Å². The maximum atomic E-state index is 14.8. The van der Waals surface area contributed by atoms with Crippen molar-refractivity contribution in [2.24, 2.45) is 0 Å². The van der Waals surface area contributed by atoms with Crippen molar-refractivity contribution in [1.29, 1.82) is 0 Å². The van der Waals surface area contributed by atoms with Crippen LogP contribution in [-0.4, -0.2) is 50.3 Å². The molecule has 0 aromatic heterocycles. The highest BCUT2D eigenvalue weighted by Gasteiger charge is 2.18. The molecule has 0 aliphatic rings. The van der Waals surface area contributed by atoms with E-state index in [1.54, 1.807) is 0 Å². The average Bonchev–Trinajstić information content (AvgIpc) is 3.22. The van der Waals surface area contributed by atoms with E-state index in [-0.39, 0.29) is 34.6 Å². The van der Waals surface area contributed by atoms with Gasteiger partial charge in [0.1, 0.15) is 34.6 Å². The number of hydrogen-bond donors (Lipinski definition) is 0. The summed E-state index contributed by atoms with van der Waals surface area (Å²) in [7, 11) is 0. The zero-order chi connectivity index (χ0) is 41.8. The van der Waals surface area contributed by atoms with Crippen LogP contribution in [0.2, 0.25) is 0 Å². The molecule has 0 aliphatic heterocycles. The topological polar surface area (TPSA) is 124 Å². The highest BCUT2D eigenvalue weighted by Crippen LogP contribution is 2.24. The van der Waals surface area contributed by atoms with Gasteiger partial charge in [-0.05, 0) is 74.2 Å². The van der Waals surface area contributed by atoms with Gasteiger partial charge in [-0.15, -0.1) is 0 Å². The number of esters is 4. The molecule has 0 saturated heterocycles. The Bertz CT molecular complexity index is 1610. The van der Waals surface area contributed by atoms with Gasteiger partial charge in [0.15, 0.2) is 0 Å². The first-order valence-electron chi connectivity index (χ1n) is 20.2. The number of rotatable bonds is 30. The van der Waals surface area contributed by atoms with E-state index < -0.39 is 23.6 Å². The van der Waals surface area contributed by atoms with Crippen LogP contribution >= 0.6 is 0 Å². The Morgan fingerprint density at radius 1 is 0.431 bits per heavy atom. The molecule has 0 unspecified atom stereocenters. The Labute approximate surface area is 340 Å². The summed E-state index contributed by atoms with van der Waals surface area (Å²) in [4.78, 5) is 47.4. The number of carbonyl (C=O) groups is 4. The molecule has 3 rings (SSSR count). The van der Waals surface area contributed by atoms with Gasteiger partial charge in [-0.3, -0.25) is 0 Å². The van der Waals surface area contributed by atoms with Crippen LogP contribution in [0.1, 0.15) is 123 Å². The van der Waals surface area contributed by atoms with Crippen molar-refractivity contribution in [2.45, 2.75) is 103 Å². The molecular weight excluding hydrogens is 750 g/mol. The second kappa shape index (κ2) is 28.0. The van der Waals surface area contributed by atoms with E-state index in [1.807, 2.05) is 0 Å². The Morgan fingerprint density at radius 2 is 0.724 bits per heavy atom. The van der Waals surface area contributed by atoms with Crippen LogP contribution in [-0.2, 0) is 19.1 Å². The Kier molecular flexibility index (Phi) is 22.6. The standard InChI is InChI=1S/C46H56F2O10/c1-3-43(49)55-31-19-15-11-7-5-9-13-17-29-53-37-25-27-39(41(47)33-37)45(51)57-35-21-23-36(24-22-35)58-46(52)40-28-26-38(34-42(40)48)54-30-18-14-10-6-8-12-16-20-32-56-44(50)4-2/h3-4,21-28,33-34H,1-2,5-20,29-32H2. The summed E-state index contributed by atoms with van der Waals surface area (Å²) in [5, 5.41) is 0. The normalized spacial score (nSPS) is 10.7. The van der Waals surface area contributed by atoms with Crippen LogP contribution in [0.25, 0.3) is 0 Å². The van der Waals surface area contributed by atoms with Crippen LogP contribution in [0.3, 0.4) is 0 Å². The van der Waals surface area contributed by atoms with E-state index in [4.69, 9.17) is 28.4 Å². The summed E-state index contributed by atoms with van der Waals surface area (Å²) >= 11 is 0. The second-order valence-electron chi connectivity index (χ2n) is 13.6. The third kappa shape index (κ3) is 19.1. The zero-order valence-electron chi connectivity index (χ0n) is 33.3. The highest BCUT2D eigenvalue weighted by molar-refractivity contribution is 5.92. The molecule has 0 fully saturated rings. The monoisotopic (exact) mass is 806 g/mol. The average molecular weight is 807 g/mol. The lowest BCUT2D eigenvalue weighted by atomic mass is 10.1. The first kappa shape index (κ1) is 46.9. The smallest absolute Gasteiger partial charge is 0.346 e. The molecule has 3 aromatic carbocycles. The number of hydrogen-bond acceptors (Lipinski definition) is 10. The summed E-state index contributed by atoms with van der Waals surface area (Å²) in [6.07, 6.45) is 18.3. The number of carbonyl (C=O) groups excluding carboxylic acids is 4. The summed E-state index contributed by atoms with van der Waals surface area (Å²) in [5.41, 5.74) is -0.537. The number of benzene rings is 3. The van der Waals surface area contributed by atoms with Crippen molar-refractivity contribution in [1.82, 2.24) is 0 Å². The Morgan fingerprint density at radius 3 is 1.03 bits per heavy atom. The van der Waals surface area contributed by atoms with Crippen LogP contribution in [0, 0.1) is 11.6 Å². The fraction of sp³-hybridized carbons (Fsp3) is 0.435. The molecule has 0 spiro atoms. The van der Waals surface area contributed by atoms with E-state index >= 15 is 0 Å². The minimum atomic E-state index is -0.912. The Balaban J connectivity index is 1.28. The molecule has 0 amide bonds. The largest absolute Gasteiger partial charge is 0.493 e. The van der Waals surface area contributed by atoms with Gasteiger partial charge < -0.3 is 28.4 Å². The third-order valence-corrected chi connectivity index (χ3v) is 9.00. The Hall–Kier alpha value is -5.52. The van der Waals surface area contributed by atoms with Gasteiger partial charge in [-0.2, -0.15) is 0 Å². The molecule has 10 nitrogen and oxygen atoms in total. The maximum Gasteiger partial charge on any atom is 0.346 e. The third-order valence-electron chi connectivity index (χ3n) is 9.00. The minimum absolute atomic E-state index is 0.0897. The maximum absolute atomic E-state index is 14.8. The predicted molar refractivity (Wildman–Crippen MR) is 216 cm³/mol. The lowest BCUT2D eigenvalue weighted by molar-refractivity contribution is -0.138. The minimum Gasteiger partial charge on any atom is -0.493 e. The number of ether oxygens (including phenoxy) is 6. The second-order valence-corrected chi connectivity index (χ2v) is 13.6. The predicted octanol–water partition coefficient (Wildman–Crippen LogP) is 10.9. The number of halogens is 2.